The van der Waals surface area contributed by atoms with Crippen LogP contribution in [-0.4, -0.2) is 21.8 Å². The van der Waals surface area contributed by atoms with Gasteiger partial charge >= 0.3 is 5.69 Å². The Morgan fingerprint density at radius 1 is 0.808 bits per heavy atom. The molecule has 0 unspecified atom stereocenters. The van der Waals surface area contributed by atoms with Gasteiger partial charge in [-0.25, -0.2) is 9.69 Å². The molecule has 0 saturated carbocycles. The van der Waals surface area contributed by atoms with Crippen LogP contribution < -0.4 is 10.6 Å². The van der Waals surface area contributed by atoms with E-state index in [2.05, 4.69) is 25.9 Å². The van der Waals surface area contributed by atoms with E-state index in [0.29, 0.717) is 33.2 Å². The first-order chi connectivity index (χ1) is 12.5. The molecule has 1 aliphatic heterocycles. The molecule has 0 bridgehead atoms. The molecule has 6 nitrogen and oxygen atoms in total. The maximum absolute atomic E-state index is 13.1. The number of carbonyl (C=O) groups is 2. The smallest absolute Gasteiger partial charge is 0.306 e. The summed E-state index contributed by atoms with van der Waals surface area (Å²) in [7, 11) is 0. The highest BCUT2D eigenvalue weighted by Gasteiger charge is 2.34. The third-order valence-corrected chi connectivity index (χ3v) is 5.02. The highest BCUT2D eigenvalue weighted by molar-refractivity contribution is 9.10. The van der Waals surface area contributed by atoms with Gasteiger partial charge in [0.25, 0.3) is 11.8 Å². The Morgan fingerprint density at radius 2 is 1.58 bits per heavy atom. The zero-order valence-electron chi connectivity index (χ0n) is 13.2. The van der Waals surface area contributed by atoms with Crippen LogP contribution in [0.3, 0.4) is 0 Å². The first-order valence-corrected chi connectivity index (χ1v) is 8.65. The van der Waals surface area contributed by atoms with E-state index in [4.69, 9.17) is 0 Å². The fourth-order valence-electron chi connectivity index (χ4n) is 3.47. The average molecular weight is 408 g/mol. The highest BCUT2D eigenvalue weighted by Crippen LogP contribution is 2.35. The summed E-state index contributed by atoms with van der Waals surface area (Å²) in [6.07, 6.45) is 0. The summed E-state index contributed by atoms with van der Waals surface area (Å²) in [5.41, 5.74) is 2.16. The van der Waals surface area contributed by atoms with Crippen molar-refractivity contribution >= 4 is 55.2 Å². The molecule has 0 radical (unpaired) electrons. The second-order valence-electron chi connectivity index (χ2n) is 6.11. The van der Waals surface area contributed by atoms with Gasteiger partial charge in [0.1, 0.15) is 0 Å². The minimum absolute atomic E-state index is 0.340. The Balaban J connectivity index is 1.77. The summed E-state index contributed by atoms with van der Waals surface area (Å²) in [6, 6.07) is 13.9. The number of aromatic amines is 2. The van der Waals surface area contributed by atoms with E-state index in [1.54, 1.807) is 36.4 Å². The molecule has 3 aromatic carbocycles. The number of rotatable bonds is 1. The summed E-state index contributed by atoms with van der Waals surface area (Å²) < 4.78 is 0.769. The first kappa shape index (κ1) is 15.1. The zero-order chi connectivity index (χ0) is 18.0. The number of hydrogen-bond acceptors (Lipinski definition) is 3. The van der Waals surface area contributed by atoms with Crippen molar-refractivity contribution in [2.75, 3.05) is 4.90 Å². The van der Waals surface area contributed by atoms with Crippen LogP contribution in [0.1, 0.15) is 20.7 Å². The Labute approximate surface area is 154 Å². The largest absolute Gasteiger partial charge is 0.323 e. The maximum Gasteiger partial charge on any atom is 0.323 e. The lowest BCUT2D eigenvalue weighted by Gasteiger charge is -2.27. The van der Waals surface area contributed by atoms with E-state index < -0.39 is 5.91 Å². The molecule has 1 aromatic heterocycles. The van der Waals surface area contributed by atoms with Crippen LogP contribution in [0.2, 0.25) is 0 Å². The number of nitrogens with zero attached hydrogens (tertiary/aromatic N) is 1. The normalized spacial score (nSPS) is 13.8. The van der Waals surface area contributed by atoms with Gasteiger partial charge in [0.2, 0.25) is 0 Å². The van der Waals surface area contributed by atoms with Crippen molar-refractivity contribution in [3.63, 3.8) is 0 Å². The molecule has 7 heteroatoms. The summed E-state index contributed by atoms with van der Waals surface area (Å²) in [5.74, 6) is -0.773. The fourth-order valence-corrected chi connectivity index (χ4v) is 3.94. The number of fused-ring (bicyclic) bond motifs is 1. The van der Waals surface area contributed by atoms with E-state index in [1.165, 1.54) is 0 Å². The standard InChI is InChI=1S/C19H10BrN3O3/c20-10-6-9-2-1-3-12-16(9)13(7-10)18(25)23(17(12)24)11-4-5-14-15(8-11)22-19(26)21-14/h1-8H,(H2,21,22,26). The number of amides is 2. The van der Waals surface area contributed by atoms with E-state index in [-0.39, 0.29) is 11.6 Å². The molecule has 0 saturated heterocycles. The number of H-pyrrole nitrogens is 2. The van der Waals surface area contributed by atoms with Crippen molar-refractivity contribution in [3.8, 4) is 0 Å². The van der Waals surface area contributed by atoms with Gasteiger partial charge in [-0.1, -0.05) is 28.1 Å². The van der Waals surface area contributed by atoms with Gasteiger partial charge in [-0.2, -0.15) is 0 Å². The van der Waals surface area contributed by atoms with Gasteiger partial charge in [0, 0.05) is 15.4 Å². The fraction of sp³-hybridized carbons (Fsp3) is 0. The predicted molar refractivity (Wildman–Crippen MR) is 102 cm³/mol. The molecule has 2 N–H and O–H groups in total. The van der Waals surface area contributed by atoms with Crippen molar-refractivity contribution < 1.29 is 9.59 Å². The van der Waals surface area contributed by atoms with E-state index in [1.807, 2.05) is 12.1 Å². The molecular weight excluding hydrogens is 398 g/mol. The SMILES string of the molecule is O=C1c2cccc3cc(Br)cc(c23)C(=O)N1c1ccc2[nH]c(=O)[nH]c2c1. The molecule has 5 rings (SSSR count). The lowest BCUT2D eigenvalue weighted by molar-refractivity contribution is 0.0893. The second kappa shape index (κ2) is 5.15. The van der Waals surface area contributed by atoms with Crippen molar-refractivity contribution in [3.05, 3.63) is 74.6 Å². The number of carbonyl (C=O) groups excluding carboxylic acids is 2. The molecule has 0 spiro atoms. The number of hydrogen-bond donors (Lipinski definition) is 2. The van der Waals surface area contributed by atoms with Crippen molar-refractivity contribution in [2.24, 2.45) is 0 Å². The minimum atomic E-state index is -0.391. The molecule has 126 valence electrons. The van der Waals surface area contributed by atoms with Crippen LogP contribution in [0.25, 0.3) is 21.8 Å². The quantitative estimate of drug-likeness (QED) is 0.472. The lowest BCUT2D eigenvalue weighted by Crippen LogP contribution is -2.40. The average Bonchev–Trinajstić information content (AvgIpc) is 2.98. The van der Waals surface area contributed by atoms with Gasteiger partial charge in [0.15, 0.2) is 0 Å². The monoisotopic (exact) mass is 407 g/mol. The number of imide groups is 1. The molecule has 2 amide bonds. The maximum atomic E-state index is 13.1. The summed E-state index contributed by atoms with van der Waals surface area (Å²) in [4.78, 5) is 44.1. The number of aromatic nitrogens is 2. The topological polar surface area (TPSA) is 86.0 Å². The number of imidazole rings is 1. The van der Waals surface area contributed by atoms with Crippen LogP contribution in [-0.2, 0) is 0 Å². The van der Waals surface area contributed by atoms with Gasteiger partial charge in [-0.3, -0.25) is 9.59 Å². The van der Waals surface area contributed by atoms with E-state index in [9.17, 15) is 14.4 Å². The summed E-state index contributed by atoms with van der Waals surface area (Å²) in [5, 5.41) is 1.50. The van der Waals surface area contributed by atoms with Crippen molar-refractivity contribution in [1.29, 1.82) is 0 Å². The Bertz CT molecular complexity index is 1320. The molecule has 1 aliphatic rings. The van der Waals surface area contributed by atoms with Crippen LogP contribution in [0.5, 0.6) is 0 Å². The van der Waals surface area contributed by atoms with E-state index >= 15 is 0 Å². The highest BCUT2D eigenvalue weighted by atomic mass is 79.9. The summed E-state index contributed by atoms with van der Waals surface area (Å²) >= 11 is 3.43. The number of benzene rings is 3. The van der Waals surface area contributed by atoms with Crippen LogP contribution >= 0.6 is 15.9 Å². The van der Waals surface area contributed by atoms with Gasteiger partial charge in [0.05, 0.1) is 22.3 Å². The van der Waals surface area contributed by atoms with Gasteiger partial charge in [-0.15, -0.1) is 0 Å². The molecule has 26 heavy (non-hydrogen) atoms. The third-order valence-electron chi connectivity index (χ3n) is 4.57. The van der Waals surface area contributed by atoms with E-state index in [0.717, 1.165) is 14.8 Å². The Hall–Kier alpha value is -3.19. The molecular formula is C19H10BrN3O3. The molecule has 0 aliphatic carbocycles. The second-order valence-corrected chi connectivity index (χ2v) is 7.03. The zero-order valence-corrected chi connectivity index (χ0v) is 14.8. The van der Waals surface area contributed by atoms with Crippen LogP contribution in [0, 0.1) is 0 Å². The summed E-state index contributed by atoms with van der Waals surface area (Å²) in [6.45, 7) is 0. The molecule has 0 atom stereocenters. The number of anilines is 1. The van der Waals surface area contributed by atoms with Gasteiger partial charge < -0.3 is 9.97 Å². The lowest BCUT2D eigenvalue weighted by atomic mass is 9.94. The first-order valence-electron chi connectivity index (χ1n) is 7.86. The van der Waals surface area contributed by atoms with Gasteiger partial charge in [-0.05, 0) is 41.8 Å². The third kappa shape index (κ3) is 2.01. The number of nitrogens with one attached hydrogen (secondary N) is 2. The molecule has 0 fully saturated rings. The van der Waals surface area contributed by atoms with Crippen LogP contribution in [0.15, 0.2) is 57.8 Å². The number of halogens is 1. The predicted octanol–water partition coefficient (Wildman–Crippen LogP) is 3.57. The van der Waals surface area contributed by atoms with Crippen LogP contribution in [0.4, 0.5) is 5.69 Å². The van der Waals surface area contributed by atoms with Crippen molar-refractivity contribution in [1.82, 2.24) is 9.97 Å². The minimum Gasteiger partial charge on any atom is -0.306 e. The Morgan fingerprint density at radius 3 is 2.42 bits per heavy atom. The molecule has 4 aromatic rings. The molecule has 2 heterocycles. The Kier molecular flexibility index (Phi) is 2.99. The van der Waals surface area contributed by atoms with Crippen molar-refractivity contribution in [2.45, 2.75) is 0 Å².